The molecular formula is C18H24ClN5O4. The van der Waals surface area contributed by atoms with Crippen LogP contribution in [0.2, 0.25) is 0 Å². The summed E-state index contributed by atoms with van der Waals surface area (Å²) < 4.78 is 2.61. The van der Waals surface area contributed by atoms with Gasteiger partial charge >= 0.3 is 5.69 Å². The number of halogens is 1. The molecular weight excluding hydrogens is 386 g/mol. The van der Waals surface area contributed by atoms with E-state index in [2.05, 4.69) is 9.80 Å². The molecule has 2 heterocycles. The van der Waals surface area contributed by atoms with Gasteiger partial charge in [-0.05, 0) is 12.0 Å². The first kappa shape index (κ1) is 21.6. The fraction of sp³-hybridized carbons (Fsp3) is 0.444. The molecule has 0 unspecified atom stereocenters. The van der Waals surface area contributed by atoms with Crippen LogP contribution in [0.5, 0.6) is 0 Å². The van der Waals surface area contributed by atoms with Crippen molar-refractivity contribution in [3.05, 3.63) is 66.8 Å². The Labute approximate surface area is 168 Å². The van der Waals surface area contributed by atoms with E-state index in [0.29, 0.717) is 5.82 Å². The predicted octanol–water partition coefficient (Wildman–Crippen LogP) is 0.779. The average Bonchev–Trinajstić information content (AvgIpc) is 2.68. The highest BCUT2D eigenvalue weighted by Crippen LogP contribution is 2.15. The number of hydrogen-bond donors (Lipinski definition) is 0. The summed E-state index contributed by atoms with van der Waals surface area (Å²) in [7, 11) is 3.16. The molecule has 1 saturated heterocycles. The van der Waals surface area contributed by atoms with Crippen LogP contribution in [0.1, 0.15) is 5.56 Å². The molecule has 1 aromatic heterocycles. The topological polar surface area (TPSA) is 93.6 Å². The van der Waals surface area contributed by atoms with Crippen molar-refractivity contribution in [3.8, 4) is 0 Å². The molecule has 0 amide bonds. The van der Waals surface area contributed by atoms with Crippen LogP contribution in [0.4, 0.5) is 11.5 Å². The summed E-state index contributed by atoms with van der Waals surface area (Å²) in [6.07, 6.45) is 0.822. The van der Waals surface area contributed by atoms with Gasteiger partial charge in [-0.15, -0.1) is 12.4 Å². The molecule has 10 heteroatoms. The van der Waals surface area contributed by atoms with Crippen LogP contribution in [-0.4, -0.2) is 51.7 Å². The average molecular weight is 410 g/mol. The standard InChI is InChI=1S/C18H23N5O4.ClH/c1-19-16(13-17(24)20(2)18(19)25)22-11-9-21(10-12-22)8-7-14-3-5-15(6-4-14)23(26)27;/h3-6,13H,7-12H2,1-2H3;1H. The Bertz CT molecular complexity index is 946. The zero-order valence-corrected chi connectivity index (χ0v) is 16.7. The fourth-order valence-electron chi connectivity index (χ4n) is 3.30. The molecule has 1 aliphatic heterocycles. The summed E-state index contributed by atoms with van der Waals surface area (Å²) in [4.78, 5) is 38.7. The third-order valence-corrected chi connectivity index (χ3v) is 5.06. The zero-order valence-electron chi connectivity index (χ0n) is 15.9. The minimum Gasteiger partial charge on any atom is -0.355 e. The van der Waals surface area contributed by atoms with Crippen molar-refractivity contribution < 1.29 is 4.92 Å². The Morgan fingerprint density at radius 1 is 1.00 bits per heavy atom. The highest BCUT2D eigenvalue weighted by molar-refractivity contribution is 5.85. The maximum Gasteiger partial charge on any atom is 0.332 e. The van der Waals surface area contributed by atoms with E-state index in [1.807, 2.05) is 0 Å². The van der Waals surface area contributed by atoms with E-state index in [0.717, 1.165) is 49.3 Å². The zero-order chi connectivity index (χ0) is 19.6. The van der Waals surface area contributed by atoms with Gasteiger partial charge in [-0.1, -0.05) is 12.1 Å². The van der Waals surface area contributed by atoms with Gasteiger partial charge in [0.2, 0.25) is 0 Å². The number of nitro benzene ring substituents is 1. The summed E-state index contributed by atoms with van der Waals surface area (Å²) >= 11 is 0. The monoisotopic (exact) mass is 409 g/mol. The van der Waals surface area contributed by atoms with Crippen LogP contribution in [0, 0.1) is 10.1 Å². The van der Waals surface area contributed by atoms with Crippen LogP contribution in [0.15, 0.2) is 39.9 Å². The van der Waals surface area contributed by atoms with Gasteiger partial charge in [-0.2, -0.15) is 0 Å². The van der Waals surface area contributed by atoms with Gasteiger partial charge in [0.05, 0.1) is 4.92 Å². The molecule has 0 radical (unpaired) electrons. The van der Waals surface area contributed by atoms with E-state index >= 15 is 0 Å². The maximum absolute atomic E-state index is 12.1. The van der Waals surface area contributed by atoms with E-state index in [1.165, 1.54) is 29.8 Å². The van der Waals surface area contributed by atoms with Gasteiger partial charge < -0.3 is 4.90 Å². The molecule has 0 saturated carbocycles. The summed E-state index contributed by atoms with van der Waals surface area (Å²) in [6.45, 7) is 4.00. The molecule has 0 atom stereocenters. The Balaban J connectivity index is 0.00000280. The van der Waals surface area contributed by atoms with Crippen molar-refractivity contribution in [2.75, 3.05) is 37.6 Å². The molecule has 0 aliphatic carbocycles. The predicted molar refractivity (Wildman–Crippen MR) is 110 cm³/mol. The molecule has 0 bridgehead atoms. The number of rotatable bonds is 5. The van der Waals surface area contributed by atoms with Crippen molar-refractivity contribution in [3.63, 3.8) is 0 Å². The van der Waals surface area contributed by atoms with Crippen molar-refractivity contribution in [1.82, 2.24) is 14.0 Å². The van der Waals surface area contributed by atoms with E-state index < -0.39 is 4.92 Å². The second-order valence-electron chi connectivity index (χ2n) is 6.74. The first-order valence-corrected chi connectivity index (χ1v) is 8.84. The van der Waals surface area contributed by atoms with Crippen LogP contribution in [0.3, 0.4) is 0 Å². The van der Waals surface area contributed by atoms with E-state index in [-0.39, 0.29) is 29.3 Å². The van der Waals surface area contributed by atoms with Crippen molar-refractivity contribution >= 4 is 23.9 Å². The number of aromatic nitrogens is 2. The third-order valence-electron chi connectivity index (χ3n) is 5.06. The molecule has 28 heavy (non-hydrogen) atoms. The molecule has 2 aromatic rings. The number of hydrogen-bond acceptors (Lipinski definition) is 6. The Hall–Kier alpha value is -2.65. The molecule has 0 spiro atoms. The van der Waals surface area contributed by atoms with Gasteiger partial charge in [0.15, 0.2) is 0 Å². The lowest BCUT2D eigenvalue weighted by atomic mass is 10.1. The van der Waals surface area contributed by atoms with Crippen molar-refractivity contribution in [2.24, 2.45) is 14.1 Å². The molecule has 1 aliphatic rings. The Morgan fingerprint density at radius 3 is 2.18 bits per heavy atom. The molecule has 3 rings (SSSR count). The quantitative estimate of drug-likeness (QED) is 0.535. The second-order valence-corrected chi connectivity index (χ2v) is 6.74. The number of nitro groups is 1. The number of nitrogens with zero attached hydrogens (tertiary/aromatic N) is 5. The van der Waals surface area contributed by atoms with Crippen LogP contribution < -0.4 is 16.1 Å². The summed E-state index contributed by atoms with van der Waals surface area (Å²) in [5.41, 5.74) is 0.552. The van der Waals surface area contributed by atoms with Crippen LogP contribution >= 0.6 is 12.4 Å². The summed E-state index contributed by atoms with van der Waals surface area (Å²) in [5, 5.41) is 10.7. The number of benzene rings is 1. The fourth-order valence-corrected chi connectivity index (χ4v) is 3.30. The minimum atomic E-state index is -0.396. The summed E-state index contributed by atoms with van der Waals surface area (Å²) in [5.74, 6) is 0.651. The third kappa shape index (κ3) is 4.60. The molecule has 1 aromatic carbocycles. The van der Waals surface area contributed by atoms with Crippen LogP contribution in [0.25, 0.3) is 0 Å². The SMILES string of the molecule is Cl.Cn1c(N2CCN(CCc3ccc([N+](=O)[O-])cc3)CC2)cc(=O)n(C)c1=O. The van der Waals surface area contributed by atoms with Crippen molar-refractivity contribution in [2.45, 2.75) is 6.42 Å². The number of piperazine rings is 1. The van der Waals surface area contributed by atoms with Gasteiger partial charge in [-0.3, -0.25) is 28.9 Å². The first-order valence-electron chi connectivity index (χ1n) is 8.84. The van der Waals surface area contributed by atoms with E-state index in [9.17, 15) is 19.7 Å². The molecule has 9 nitrogen and oxygen atoms in total. The summed E-state index contributed by atoms with van der Waals surface area (Å²) in [6, 6.07) is 8.16. The first-order chi connectivity index (χ1) is 12.9. The number of non-ortho nitro benzene ring substituents is 1. The largest absolute Gasteiger partial charge is 0.355 e. The molecule has 1 fully saturated rings. The lowest BCUT2D eigenvalue weighted by Gasteiger charge is -2.36. The Morgan fingerprint density at radius 2 is 1.61 bits per heavy atom. The van der Waals surface area contributed by atoms with Gasteiger partial charge in [0.25, 0.3) is 11.2 Å². The van der Waals surface area contributed by atoms with E-state index in [1.54, 1.807) is 19.2 Å². The lowest BCUT2D eigenvalue weighted by molar-refractivity contribution is -0.384. The molecule has 152 valence electrons. The van der Waals surface area contributed by atoms with Gasteiger partial charge in [-0.25, -0.2) is 4.79 Å². The lowest BCUT2D eigenvalue weighted by Crippen LogP contribution is -2.49. The minimum absolute atomic E-state index is 0. The van der Waals surface area contributed by atoms with Gasteiger partial charge in [0.1, 0.15) is 5.82 Å². The van der Waals surface area contributed by atoms with Gasteiger partial charge in [0, 0.05) is 65.0 Å². The second kappa shape index (κ2) is 9.03. The molecule has 0 N–H and O–H groups in total. The Kier molecular flexibility index (Phi) is 6.98. The normalized spacial score (nSPS) is 14.6. The maximum atomic E-state index is 12.1. The highest BCUT2D eigenvalue weighted by atomic mass is 35.5. The smallest absolute Gasteiger partial charge is 0.332 e. The number of anilines is 1. The van der Waals surface area contributed by atoms with Crippen LogP contribution in [-0.2, 0) is 20.5 Å². The highest BCUT2D eigenvalue weighted by Gasteiger charge is 2.20. The van der Waals surface area contributed by atoms with Crippen molar-refractivity contribution in [1.29, 1.82) is 0 Å². The van der Waals surface area contributed by atoms with E-state index in [4.69, 9.17) is 0 Å².